The van der Waals surface area contributed by atoms with E-state index in [0.29, 0.717) is 6.61 Å². The Morgan fingerprint density at radius 2 is 2.28 bits per heavy atom. The summed E-state index contributed by atoms with van der Waals surface area (Å²) in [6, 6.07) is 8.27. The van der Waals surface area contributed by atoms with Gasteiger partial charge in [-0.2, -0.15) is 5.10 Å². The lowest BCUT2D eigenvalue weighted by atomic mass is 10.2. The summed E-state index contributed by atoms with van der Waals surface area (Å²) < 4.78 is 6.99. The molecule has 0 radical (unpaired) electrons. The van der Waals surface area contributed by atoms with Gasteiger partial charge in [0.05, 0.1) is 24.4 Å². The summed E-state index contributed by atoms with van der Waals surface area (Å²) in [5.41, 5.74) is 2.23. The molecule has 0 atom stereocenters. The van der Waals surface area contributed by atoms with Gasteiger partial charge in [-0.05, 0) is 6.07 Å². The van der Waals surface area contributed by atoms with Gasteiger partial charge in [0.2, 0.25) is 0 Å². The maximum atomic E-state index is 5.01. The molecule has 0 aliphatic rings. The topological polar surface area (TPSA) is 39.1 Å². The molecular weight excluding hydrogens is 226 g/mol. The number of hydrogen-bond acceptors (Lipinski definition) is 3. The van der Waals surface area contributed by atoms with Crippen molar-refractivity contribution in [3.63, 3.8) is 0 Å². The van der Waals surface area contributed by atoms with Crippen molar-refractivity contribution < 1.29 is 4.74 Å². The van der Waals surface area contributed by atoms with Crippen LogP contribution in [0.1, 0.15) is 5.69 Å². The monoisotopic (exact) mass is 245 g/mol. The Labute approximate surface area is 107 Å². The molecule has 96 valence electrons. The number of rotatable bonds is 7. The van der Waals surface area contributed by atoms with Crippen molar-refractivity contribution in [2.75, 3.05) is 20.3 Å². The standard InChI is InChI=1S/C14H19N3O/c1-3-9-17-14-7-5-4-6-12(14)13(16-17)11-15-8-10-18-2/h3-7,15H,1,8-11H2,2H3. The van der Waals surface area contributed by atoms with Crippen molar-refractivity contribution in [2.24, 2.45) is 0 Å². The van der Waals surface area contributed by atoms with Crippen molar-refractivity contribution in [1.29, 1.82) is 0 Å². The number of nitrogens with one attached hydrogen (secondary N) is 1. The average molecular weight is 245 g/mol. The average Bonchev–Trinajstić information content (AvgIpc) is 2.74. The molecule has 0 saturated heterocycles. The summed E-state index contributed by atoms with van der Waals surface area (Å²) in [6.45, 7) is 6.80. The smallest absolute Gasteiger partial charge is 0.0841 e. The van der Waals surface area contributed by atoms with Gasteiger partial charge in [-0.15, -0.1) is 6.58 Å². The quantitative estimate of drug-likeness (QED) is 0.598. The van der Waals surface area contributed by atoms with Gasteiger partial charge in [0.25, 0.3) is 0 Å². The molecule has 2 aromatic rings. The van der Waals surface area contributed by atoms with Crippen molar-refractivity contribution in [1.82, 2.24) is 15.1 Å². The van der Waals surface area contributed by atoms with E-state index in [-0.39, 0.29) is 0 Å². The van der Waals surface area contributed by atoms with Crippen LogP contribution in [0, 0.1) is 0 Å². The van der Waals surface area contributed by atoms with E-state index in [1.807, 2.05) is 22.9 Å². The Morgan fingerprint density at radius 1 is 1.44 bits per heavy atom. The molecule has 4 nitrogen and oxygen atoms in total. The fraction of sp³-hybridized carbons (Fsp3) is 0.357. The van der Waals surface area contributed by atoms with Crippen LogP contribution in [0.15, 0.2) is 36.9 Å². The Balaban J connectivity index is 2.18. The fourth-order valence-corrected chi connectivity index (χ4v) is 1.97. The van der Waals surface area contributed by atoms with E-state index in [0.717, 1.165) is 30.8 Å². The first-order chi connectivity index (χ1) is 8.86. The number of nitrogens with zero attached hydrogens (tertiary/aromatic N) is 2. The van der Waals surface area contributed by atoms with Crippen LogP contribution in [0.25, 0.3) is 10.9 Å². The van der Waals surface area contributed by atoms with Gasteiger partial charge in [-0.1, -0.05) is 24.3 Å². The van der Waals surface area contributed by atoms with Crippen LogP contribution in [0.3, 0.4) is 0 Å². The minimum Gasteiger partial charge on any atom is -0.383 e. The second-order valence-corrected chi connectivity index (χ2v) is 4.10. The zero-order valence-electron chi connectivity index (χ0n) is 10.7. The molecule has 0 bridgehead atoms. The Morgan fingerprint density at radius 3 is 3.06 bits per heavy atom. The van der Waals surface area contributed by atoms with Gasteiger partial charge >= 0.3 is 0 Å². The molecule has 18 heavy (non-hydrogen) atoms. The lowest BCUT2D eigenvalue weighted by molar-refractivity contribution is 0.199. The fourth-order valence-electron chi connectivity index (χ4n) is 1.97. The van der Waals surface area contributed by atoms with Gasteiger partial charge in [0, 0.05) is 25.6 Å². The molecule has 1 N–H and O–H groups in total. The first kappa shape index (κ1) is 12.8. The number of hydrogen-bond donors (Lipinski definition) is 1. The number of benzene rings is 1. The number of fused-ring (bicyclic) bond motifs is 1. The molecule has 2 rings (SSSR count). The lowest BCUT2D eigenvalue weighted by Crippen LogP contribution is -2.19. The van der Waals surface area contributed by atoms with Gasteiger partial charge in [0.15, 0.2) is 0 Å². The zero-order valence-corrected chi connectivity index (χ0v) is 10.7. The van der Waals surface area contributed by atoms with Gasteiger partial charge in [0.1, 0.15) is 0 Å². The van der Waals surface area contributed by atoms with Crippen LogP contribution in [0.5, 0.6) is 0 Å². The minimum atomic E-state index is 0.714. The van der Waals surface area contributed by atoms with Crippen molar-refractivity contribution in [3.8, 4) is 0 Å². The lowest BCUT2D eigenvalue weighted by Gasteiger charge is -2.01. The molecule has 0 aliphatic carbocycles. The normalized spacial score (nSPS) is 10.9. The number of ether oxygens (including phenoxy) is 1. The van der Waals surface area contributed by atoms with Crippen LogP contribution in [0.2, 0.25) is 0 Å². The van der Waals surface area contributed by atoms with Crippen LogP contribution < -0.4 is 5.32 Å². The van der Waals surface area contributed by atoms with Crippen molar-refractivity contribution >= 4 is 10.9 Å². The summed E-state index contributed by atoms with van der Waals surface area (Å²) >= 11 is 0. The van der Waals surface area contributed by atoms with E-state index < -0.39 is 0 Å². The van der Waals surface area contributed by atoms with Crippen LogP contribution >= 0.6 is 0 Å². The number of aromatic nitrogens is 2. The molecular formula is C14H19N3O. The van der Waals surface area contributed by atoms with Gasteiger partial charge in [-0.25, -0.2) is 0 Å². The summed E-state index contributed by atoms with van der Waals surface area (Å²) in [5, 5.41) is 9.14. The summed E-state index contributed by atoms with van der Waals surface area (Å²) in [6.07, 6.45) is 1.86. The highest BCUT2D eigenvalue weighted by Crippen LogP contribution is 2.18. The van der Waals surface area contributed by atoms with E-state index in [4.69, 9.17) is 4.74 Å². The highest BCUT2D eigenvalue weighted by Gasteiger charge is 2.08. The molecule has 1 aromatic heterocycles. The summed E-state index contributed by atoms with van der Waals surface area (Å²) in [5.74, 6) is 0. The number of para-hydroxylation sites is 1. The number of allylic oxidation sites excluding steroid dienone is 1. The summed E-state index contributed by atoms with van der Waals surface area (Å²) in [7, 11) is 1.70. The zero-order chi connectivity index (χ0) is 12.8. The Bertz CT molecular complexity index is 519. The largest absolute Gasteiger partial charge is 0.383 e. The molecule has 0 amide bonds. The molecule has 4 heteroatoms. The van der Waals surface area contributed by atoms with Crippen LogP contribution in [-0.2, 0) is 17.8 Å². The van der Waals surface area contributed by atoms with Crippen molar-refractivity contribution in [2.45, 2.75) is 13.1 Å². The van der Waals surface area contributed by atoms with E-state index in [2.05, 4.69) is 29.1 Å². The molecule has 0 fully saturated rings. The second kappa shape index (κ2) is 6.33. The maximum Gasteiger partial charge on any atom is 0.0841 e. The van der Waals surface area contributed by atoms with Gasteiger partial charge < -0.3 is 10.1 Å². The summed E-state index contributed by atoms with van der Waals surface area (Å²) in [4.78, 5) is 0. The second-order valence-electron chi connectivity index (χ2n) is 4.10. The highest BCUT2D eigenvalue weighted by atomic mass is 16.5. The van der Waals surface area contributed by atoms with Crippen LogP contribution in [0.4, 0.5) is 0 Å². The predicted octanol–water partition coefficient (Wildman–Crippen LogP) is 1.96. The SMILES string of the molecule is C=CCn1nc(CNCCOC)c2ccccc21. The van der Waals surface area contributed by atoms with E-state index >= 15 is 0 Å². The number of methoxy groups -OCH3 is 1. The van der Waals surface area contributed by atoms with E-state index in [1.165, 1.54) is 5.39 Å². The van der Waals surface area contributed by atoms with E-state index in [9.17, 15) is 0 Å². The Kier molecular flexibility index (Phi) is 4.50. The third-order valence-electron chi connectivity index (χ3n) is 2.81. The molecule has 0 unspecified atom stereocenters. The van der Waals surface area contributed by atoms with Crippen LogP contribution in [-0.4, -0.2) is 30.0 Å². The van der Waals surface area contributed by atoms with Gasteiger partial charge in [-0.3, -0.25) is 4.68 Å². The molecule has 0 spiro atoms. The maximum absolute atomic E-state index is 5.01. The molecule has 0 saturated carbocycles. The molecule has 1 heterocycles. The van der Waals surface area contributed by atoms with Crippen molar-refractivity contribution in [3.05, 3.63) is 42.6 Å². The highest BCUT2D eigenvalue weighted by molar-refractivity contribution is 5.81. The third-order valence-corrected chi connectivity index (χ3v) is 2.81. The molecule has 0 aliphatic heterocycles. The first-order valence-corrected chi connectivity index (χ1v) is 6.11. The Hall–Kier alpha value is -1.65. The molecule has 1 aromatic carbocycles. The minimum absolute atomic E-state index is 0.714. The third kappa shape index (κ3) is 2.78. The van der Waals surface area contributed by atoms with E-state index in [1.54, 1.807) is 7.11 Å². The predicted molar refractivity (Wildman–Crippen MR) is 73.5 cm³/mol. The first-order valence-electron chi connectivity index (χ1n) is 6.11.